The molecule has 166 valence electrons. The summed E-state index contributed by atoms with van der Waals surface area (Å²) in [6, 6.07) is 5.83. The molecule has 0 saturated heterocycles. The minimum atomic E-state index is 0.450. The number of Topliss-reactive ketones (excluding diaryl/α,β-unsaturated/α-hetero) is 1. The van der Waals surface area contributed by atoms with Gasteiger partial charge >= 0.3 is 0 Å². The lowest BCUT2D eigenvalue weighted by Gasteiger charge is -2.20. The maximum atomic E-state index is 12.2. The molecule has 0 atom stereocenters. The molecule has 0 aliphatic heterocycles. The largest absolute Gasteiger partial charge is 0.497 e. The monoisotopic (exact) mass is 423 g/mol. The predicted molar refractivity (Wildman–Crippen MR) is 123 cm³/mol. The van der Waals surface area contributed by atoms with Crippen LogP contribution in [0, 0.1) is 12.8 Å². The lowest BCUT2D eigenvalue weighted by atomic mass is 9.85. The number of carbonyl (C=O) groups excluding carboxylic acids is 1. The Morgan fingerprint density at radius 2 is 2.00 bits per heavy atom. The van der Waals surface area contributed by atoms with Crippen LogP contribution in [0.2, 0.25) is 0 Å². The van der Waals surface area contributed by atoms with Crippen molar-refractivity contribution in [3.05, 3.63) is 24.0 Å². The molecule has 3 aromatic rings. The molecule has 0 amide bonds. The van der Waals surface area contributed by atoms with Crippen molar-refractivity contribution in [3.8, 4) is 5.75 Å². The molecule has 0 spiro atoms. The molecule has 0 bridgehead atoms. The Morgan fingerprint density at radius 3 is 2.81 bits per heavy atom. The van der Waals surface area contributed by atoms with E-state index >= 15 is 0 Å². The Bertz CT molecular complexity index is 1040. The van der Waals surface area contributed by atoms with Gasteiger partial charge in [0.05, 0.1) is 18.1 Å². The number of ketones is 1. The van der Waals surface area contributed by atoms with Gasteiger partial charge in [-0.05, 0) is 37.8 Å². The Kier molecular flexibility index (Phi) is 6.99. The van der Waals surface area contributed by atoms with E-state index in [1.54, 1.807) is 7.11 Å². The van der Waals surface area contributed by atoms with Gasteiger partial charge in [0, 0.05) is 25.5 Å². The van der Waals surface area contributed by atoms with Crippen LogP contribution >= 0.6 is 0 Å². The third-order valence-corrected chi connectivity index (χ3v) is 6.36. The maximum absolute atomic E-state index is 12.2. The summed E-state index contributed by atoms with van der Waals surface area (Å²) in [5.41, 5.74) is 2.53. The molecule has 1 aliphatic carbocycles. The van der Waals surface area contributed by atoms with Crippen LogP contribution in [0.1, 0.15) is 70.0 Å². The van der Waals surface area contributed by atoms with Crippen molar-refractivity contribution in [2.24, 2.45) is 5.92 Å². The number of fused-ring (bicyclic) bond motifs is 3. The number of nitrogens with zero attached hydrogens (tertiary/aromatic N) is 4. The van der Waals surface area contributed by atoms with Crippen molar-refractivity contribution in [2.75, 3.05) is 19.0 Å². The summed E-state index contributed by atoms with van der Waals surface area (Å²) in [6.07, 6.45) is 11.0. The van der Waals surface area contributed by atoms with E-state index in [9.17, 15) is 4.79 Å². The fourth-order valence-electron chi connectivity index (χ4n) is 4.65. The van der Waals surface area contributed by atoms with Crippen LogP contribution in [0.5, 0.6) is 5.75 Å². The molecule has 2 heterocycles. The van der Waals surface area contributed by atoms with Gasteiger partial charge in [-0.15, -0.1) is 10.2 Å². The summed E-state index contributed by atoms with van der Waals surface area (Å²) in [5, 5.41) is 12.0. The maximum Gasteiger partial charge on any atom is 0.204 e. The second-order valence-electron chi connectivity index (χ2n) is 8.71. The standard InChI is InChI=1S/C24H33N5O2/c1-17-27-28-24-23(26-21-16-20(31-2)12-13-22(21)29(17)24)25-14-8-4-7-11-19(30)15-18-9-5-3-6-10-18/h12-13,16,18H,3-11,14-15H2,1-2H3,(H,25,26). The zero-order valence-corrected chi connectivity index (χ0v) is 18.7. The minimum Gasteiger partial charge on any atom is -0.497 e. The fraction of sp³-hybridized carbons (Fsp3) is 0.583. The first-order valence-corrected chi connectivity index (χ1v) is 11.6. The Balaban J connectivity index is 1.30. The number of anilines is 1. The summed E-state index contributed by atoms with van der Waals surface area (Å²) in [5.74, 6) is 3.43. The molecular formula is C24H33N5O2. The molecule has 7 nitrogen and oxygen atoms in total. The van der Waals surface area contributed by atoms with Gasteiger partial charge in [0.1, 0.15) is 17.4 Å². The van der Waals surface area contributed by atoms with Gasteiger partial charge in [-0.2, -0.15) is 0 Å². The van der Waals surface area contributed by atoms with E-state index in [4.69, 9.17) is 9.72 Å². The smallest absolute Gasteiger partial charge is 0.204 e. The van der Waals surface area contributed by atoms with E-state index in [-0.39, 0.29) is 0 Å². The molecule has 0 unspecified atom stereocenters. The number of hydrogen-bond donors (Lipinski definition) is 1. The van der Waals surface area contributed by atoms with Gasteiger partial charge in [-0.25, -0.2) is 4.98 Å². The van der Waals surface area contributed by atoms with Crippen LogP contribution in [-0.2, 0) is 4.79 Å². The summed E-state index contributed by atoms with van der Waals surface area (Å²) in [7, 11) is 1.66. The Morgan fingerprint density at radius 1 is 1.16 bits per heavy atom. The van der Waals surface area contributed by atoms with Gasteiger partial charge < -0.3 is 10.1 Å². The number of aryl methyl sites for hydroxylation is 1. The van der Waals surface area contributed by atoms with Crippen LogP contribution < -0.4 is 10.1 Å². The number of nitrogens with one attached hydrogen (secondary N) is 1. The summed E-state index contributed by atoms with van der Waals surface area (Å²) < 4.78 is 7.37. The molecule has 1 aromatic carbocycles. The van der Waals surface area contributed by atoms with Crippen LogP contribution in [0.4, 0.5) is 5.82 Å². The first-order valence-electron chi connectivity index (χ1n) is 11.6. The van der Waals surface area contributed by atoms with Gasteiger partial charge in [0.25, 0.3) is 0 Å². The van der Waals surface area contributed by atoms with E-state index in [0.717, 1.165) is 72.7 Å². The number of carbonyl (C=O) groups is 1. The highest BCUT2D eigenvalue weighted by atomic mass is 16.5. The van der Waals surface area contributed by atoms with E-state index < -0.39 is 0 Å². The van der Waals surface area contributed by atoms with Gasteiger partial charge in [0.15, 0.2) is 5.82 Å². The highest BCUT2D eigenvalue weighted by molar-refractivity contribution is 5.84. The molecule has 1 N–H and O–H groups in total. The average Bonchev–Trinajstić information content (AvgIpc) is 3.18. The average molecular weight is 424 g/mol. The highest BCUT2D eigenvalue weighted by Crippen LogP contribution is 2.27. The third kappa shape index (κ3) is 5.14. The molecule has 2 aromatic heterocycles. The van der Waals surface area contributed by atoms with E-state index in [1.807, 2.05) is 29.5 Å². The number of rotatable bonds is 10. The predicted octanol–water partition coefficient (Wildman–Crippen LogP) is 5.11. The highest BCUT2D eigenvalue weighted by Gasteiger charge is 2.17. The number of unbranched alkanes of at least 4 members (excludes halogenated alkanes) is 2. The molecule has 1 aliphatic rings. The topological polar surface area (TPSA) is 81.4 Å². The number of methoxy groups -OCH3 is 1. The molecular weight excluding hydrogens is 390 g/mol. The Labute approximate surface area is 183 Å². The van der Waals surface area contributed by atoms with Crippen LogP contribution in [0.15, 0.2) is 18.2 Å². The second-order valence-corrected chi connectivity index (χ2v) is 8.71. The summed E-state index contributed by atoms with van der Waals surface area (Å²) >= 11 is 0. The second kappa shape index (κ2) is 10.1. The van der Waals surface area contributed by atoms with Crippen molar-refractivity contribution in [1.82, 2.24) is 19.6 Å². The zero-order chi connectivity index (χ0) is 21.6. The Hall–Kier alpha value is -2.70. The van der Waals surface area contributed by atoms with E-state index in [2.05, 4.69) is 15.5 Å². The van der Waals surface area contributed by atoms with Crippen LogP contribution in [0.3, 0.4) is 0 Å². The zero-order valence-electron chi connectivity index (χ0n) is 18.7. The lowest BCUT2D eigenvalue weighted by Crippen LogP contribution is -2.12. The van der Waals surface area contributed by atoms with E-state index in [0.29, 0.717) is 11.7 Å². The third-order valence-electron chi connectivity index (χ3n) is 6.36. The molecule has 0 radical (unpaired) electrons. The first-order chi connectivity index (χ1) is 15.2. The summed E-state index contributed by atoms with van der Waals surface area (Å²) in [6.45, 7) is 2.73. The fourth-order valence-corrected chi connectivity index (χ4v) is 4.65. The normalized spacial score (nSPS) is 14.9. The minimum absolute atomic E-state index is 0.450. The van der Waals surface area contributed by atoms with Gasteiger partial charge in [-0.3, -0.25) is 9.20 Å². The van der Waals surface area contributed by atoms with Gasteiger partial charge in [0.2, 0.25) is 5.65 Å². The lowest BCUT2D eigenvalue weighted by molar-refractivity contribution is -0.120. The van der Waals surface area contributed by atoms with Gasteiger partial charge in [-0.1, -0.05) is 38.5 Å². The SMILES string of the molecule is COc1ccc2c(c1)nc(NCCCCCC(=O)CC1CCCCC1)c1nnc(C)n12. The molecule has 4 rings (SSSR count). The van der Waals surface area contributed by atoms with Crippen molar-refractivity contribution < 1.29 is 9.53 Å². The molecule has 7 heteroatoms. The van der Waals surface area contributed by atoms with Crippen LogP contribution in [-0.4, -0.2) is 39.0 Å². The number of aromatic nitrogens is 4. The number of hydrogen-bond acceptors (Lipinski definition) is 6. The molecule has 1 fully saturated rings. The first kappa shape index (κ1) is 21.5. The molecule has 31 heavy (non-hydrogen) atoms. The molecule has 1 saturated carbocycles. The number of ether oxygens (including phenoxy) is 1. The number of benzene rings is 1. The van der Waals surface area contributed by atoms with Crippen molar-refractivity contribution >= 4 is 28.3 Å². The van der Waals surface area contributed by atoms with Crippen LogP contribution in [0.25, 0.3) is 16.7 Å². The van der Waals surface area contributed by atoms with E-state index in [1.165, 1.54) is 32.1 Å². The quantitative estimate of drug-likeness (QED) is 0.457. The summed E-state index contributed by atoms with van der Waals surface area (Å²) in [4.78, 5) is 17.0. The van der Waals surface area contributed by atoms with Crippen molar-refractivity contribution in [3.63, 3.8) is 0 Å². The van der Waals surface area contributed by atoms with Crippen molar-refractivity contribution in [2.45, 2.75) is 71.1 Å². The van der Waals surface area contributed by atoms with Crippen molar-refractivity contribution in [1.29, 1.82) is 0 Å².